The van der Waals surface area contributed by atoms with E-state index in [9.17, 15) is 0 Å². The second-order valence-corrected chi connectivity index (χ2v) is 3.55. The molecule has 0 aromatic rings. The molecular formula is C11H22. The third-order valence-corrected chi connectivity index (χ3v) is 2.99. The summed E-state index contributed by atoms with van der Waals surface area (Å²) in [6.45, 7) is 13.0. The molecule has 0 heteroatoms. The zero-order chi connectivity index (χ0) is 8.85. The normalized spacial score (nSPS) is 18.9. The second-order valence-electron chi connectivity index (χ2n) is 3.55. The average molecular weight is 154 g/mol. The van der Waals surface area contributed by atoms with E-state index in [1.165, 1.54) is 12.8 Å². The number of hydrogen-bond acceptors (Lipinski definition) is 0. The molecule has 0 heterocycles. The summed E-state index contributed by atoms with van der Waals surface area (Å²) in [5.74, 6) is 2.34. The minimum Gasteiger partial charge on any atom is -0.103 e. The van der Waals surface area contributed by atoms with Gasteiger partial charge < -0.3 is 0 Å². The van der Waals surface area contributed by atoms with Crippen molar-refractivity contribution in [3.63, 3.8) is 0 Å². The monoisotopic (exact) mass is 154 g/mol. The van der Waals surface area contributed by atoms with Gasteiger partial charge in [0.1, 0.15) is 0 Å². The molecule has 0 aromatic heterocycles. The first-order valence-electron chi connectivity index (χ1n) is 4.79. The van der Waals surface area contributed by atoms with Gasteiger partial charge in [0.15, 0.2) is 0 Å². The molecule has 0 aliphatic rings. The van der Waals surface area contributed by atoms with Crippen LogP contribution in [0.15, 0.2) is 12.7 Å². The van der Waals surface area contributed by atoms with Crippen molar-refractivity contribution >= 4 is 0 Å². The summed E-state index contributed by atoms with van der Waals surface area (Å²) >= 11 is 0. The maximum absolute atomic E-state index is 3.87. The van der Waals surface area contributed by atoms with Crippen LogP contribution in [0, 0.1) is 17.8 Å². The van der Waals surface area contributed by atoms with Crippen molar-refractivity contribution in [2.45, 2.75) is 40.5 Å². The summed E-state index contributed by atoms with van der Waals surface area (Å²) in [5.41, 5.74) is 0. The van der Waals surface area contributed by atoms with E-state index in [4.69, 9.17) is 0 Å². The maximum atomic E-state index is 3.87. The predicted molar refractivity (Wildman–Crippen MR) is 52.6 cm³/mol. The smallest absolute Gasteiger partial charge is 0.0211 e. The summed E-state index contributed by atoms with van der Waals surface area (Å²) in [7, 11) is 0. The fraction of sp³-hybridized carbons (Fsp3) is 0.818. The molecule has 0 fully saturated rings. The van der Waals surface area contributed by atoms with E-state index in [0.717, 1.165) is 11.8 Å². The van der Waals surface area contributed by atoms with Crippen LogP contribution in [-0.2, 0) is 0 Å². The third kappa shape index (κ3) is 3.09. The van der Waals surface area contributed by atoms with Gasteiger partial charge in [0.05, 0.1) is 0 Å². The highest BCUT2D eigenvalue weighted by Gasteiger charge is 2.16. The zero-order valence-electron chi connectivity index (χ0n) is 8.43. The topological polar surface area (TPSA) is 0 Å². The average Bonchev–Trinajstić information content (AvgIpc) is 2.05. The van der Waals surface area contributed by atoms with Crippen LogP contribution in [0.3, 0.4) is 0 Å². The van der Waals surface area contributed by atoms with Gasteiger partial charge in [0, 0.05) is 0 Å². The van der Waals surface area contributed by atoms with Crippen LogP contribution >= 0.6 is 0 Å². The molecule has 0 aliphatic carbocycles. The molecule has 0 spiro atoms. The van der Waals surface area contributed by atoms with Gasteiger partial charge in [-0.05, 0) is 24.2 Å². The van der Waals surface area contributed by atoms with E-state index in [1.54, 1.807) is 0 Å². The van der Waals surface area contributed by atoms with E-state index in [1.807, 2.05) is 0 Å². The minimum absolute atomic E-state index is 0.713. The Morgan fingerprint density at radius 3 is 2.00 bits per heavy atom. The quantitative estimate of drug-likeness (QED) is 0.527. The lowest BCUT2D eigenvalue weighted by molar-refractivity contribution is 0.291. The molecule has 0 aliphatic heterocycles. The van der Waals surface area contributed by atoms with E-state index in [0.29, 0.717) is 5.92 Å². The SMILES string of the molecule is C=CC(CC)C(C)C(C)CC. The first-order valence-corrected chi connectivity index (χ1v) is 4.79. The Labute approximate surface area is 71.7 Å². The lowest BCUT2D eigenvalue weighted by atomic mass is 9.81. The van der Waals surface area contributed by atoms with Crippen LogP contribution in [0.1, 0.15) is 40.5 Å². The summed E-state index contributed by atoms with van der Waals surface area (Å²) in [6.07, 6.45) is 4.62. The third-order valence-electron chi connectivity index (χ3n) is 2.99. The summed E-state index contributed by atoms with van der Waals surface area (Å²) in [4.78, 5) is 0. The highest BCUT2D eigenvalue weighted by atomic mass is 14.2. The molecular weight excluding hydrogens is 132 g/mol. The largest absolute Gasteiger partial charge is 0.103 e. The molecule has 0 aromatic carbocycles. The van der Waals surface area contributed by atoms with Crippen molar-refractivity contribution in [1.82, 2.24) is 0 Å². The Kier molecular flexibility index (Phi) is 5.27. The Hall–Kier alpha value is -0.260. The van der Waals surface area contributed by atoms with Crippen molar-refractivity contribution in [3.8, 4) is 0 Å². The van der Waals surface area contributed by atoms with E-state index < -0.39 is 0 Å². The first-order chi connectivity index (χ1) is 5.17. The molecule has 0 saturated heterocycles. The van der Waals surface area contributed by atoms with Gasteiger partial charge in [-0.2, -0.15) is 0 Å². The van der Waals surface area contributed by atoms with Gasteiger partial charge in [-0.3, -0.25) is 0 Å². The standard InChI is InChI=1S/C11H22/c1-6-9(4)10(5)11(7-2)8-3/h7,9-11H,2,6,8H2,1,3-5H3. The van der Waals surface area contributed by atoms with Crippen LogP contribution < -0.4 is 0 Å². The molecule has 0 saturated carbocycles. The Morgan fingerprint density at radius 2 is 1.73 bits per heavy atom. The minimum atomic E-state index is 0.713. The van der Waals surface area contributed by atoms with Crippen molar-refractivity contribution in [2.75, 3.05) is 0 Å². The van der Waals surface area contributed by atoms with Crippen LogP contribution in [0.4, 0.5) is 0 Å². The summed E-state index contributed by atoms with van der Waals surface area (Å²) in [6, 6.07) is 0. The predicted octanol–water partition coefficient (Wildman–Crippen LogP) is 3.88. The zero-order valence-corrected chi connectivity index (χ0v) is 8.43. The van der Waals surface area contributed by atoms with Crippen LogP contribution in [0.5, 0.6) is 0 Å². The number of allylic oxidation sites excluding steroid dienone is 1. The lowest BCUT2D eigenvalue weighted by Crippen LogP contribution is -2.15. The van der Waals surface area contributed by atoms with Gasteiger partial charge in [-0.15, -0.1) is 6.58 Å². The fourth-order valence-electron chi connectivity index (χ4n) is 1.55. The van der Waals surface area contributed by atoms with Gasteiger partial charge in [-0.1, -0.05) is 40.2 Å². The fourth-order valence-corrected chi connectivity index (χ4v) is 1.55. The van der Waals surface area contributed by atoms with Crippen LogP contribution in [0.25, 0.3) is 0 Å². The van der Waals surface area contributed by atoms with Gasteiger partial charge >= 0.3 is 0 Å². The molecule has 11 heavy (non-hydrogen) atoms. The van der Waals surface area contributed by atoms with Crippen LogP contribution in [0.2, 0.25) is 0 Å². The number of rotatable bonds is 5. The molecule has 0 rings (SSSR count). The van der Waals surface area contributed by atoms with Crippen molar-refractivity contribution < 1.29 is 0 Å². The Morgan fingerprint density at radius 1 is 1.18 bits per heavy atom. The molecule has 66 valence electrons. The molecule has 0 bridgehead atoms. The van der Waals surface area contributed by atoms with E-state index in [-0.39, 0.29) is 0 Å². The van der Waals surface area contributed by atoms with Gasteiger partial charge in [0.2, 0.25) is 0 Å². The molecule has 3 unspecified atom stereocenters. The first kappa shape index (κ1) is 10.7. The van der Waals surface area contributed by atoms with Gasteiger partial charge in [0.25, 0.3) is 0 Å². The second kappa shape index (κ2) is 5.40. The van der Waals surface area contributed by atoms with Crippen molar-refractivity contribution in [1.29, 1.82) is 0 Å². The van der Waals surface area contributed by atoms with Crippen molar-refractivity contribution in [3.05, 3.63) is 12.7 Å². The van der Waals surface area contributed by atoms with E-state index >= 15 is 0 Å². The number of hydrogen-bond donors (Lipinski definition) is 0. The maximum Gasteiger partial charge on any atom is -0.0211 e. The molecule has 0 amide bonds. The Bertz CT molecular complexity index is 105. The molecule has 0 N–H and O–H groups in total. The highest BCUT2D eigenvalue weighted by Crippen LogP contribution is 2.25. The molecule has 0 radical (unpaired) electrons. The molecule has 0 nitrogen and oxygen atoms in total. The molecule has 3 atom stereocenters. The van der Waals surface area contributed by atoms with E-state index in [2.05, 4.69) is 40.3 Å². The Balaban J connectivity index is 3.96. The van der Waals surface area contributed by atoms with Crippen molar-refractivity contribution in [2.24, 2.45) is 17.8 Å². The lowest BCUT2D eigenvalue weighted by Gasteiger charge is -2.24. The van der Waals surface area contributed by atoms with Gasteiger partial charge in [-0.25, -0.2) is 0 Å². The van der Waals surface area contributed by atoms with Crippen LogP contribution in [-0.4, -0.2) is 0 Å². The summed E-state index contributed by atoms with van der Waals surface area (Å²) in [5, 5.41) is 0. The summed E-state index contributed by atoms with van der Waals surface area (Å²) < 4.78 is 0. The highest BCUT2D eigenvalue weighted by molar-refractivity contribution is 4.83.